The van der Waals surface area contributed by atoms with E-state index in [0.29, 0.717) is 27.9 Å². The zero-order valence-corrected chi connectivity index (χ0v) is 18.9. The maximum atomic E-state index is 13.1. The number of anilines is 1. The fraction of sp³-hybridized carbons (Fsp3) is 0.120. The molecule has 2 aromatic carbocycles. The number of thioether (sulfide) groups is 1. The lowest BCUT2D eigenvalue weighted by Crippen LogP contribution is -2.24. The Morgan fingerprint density at radius 3 is 2.61 bits per heavy atom. The molecule has 0 atom stereocenters. The highest BCUT2D eigenvalue weighted by Gasteiger charge is 2.19. The van der Waals surface area contributed by atoms with Crippen molar-refractivity contribution in [2.45, 2.75) is 11.4 Å². The van der Waals surface area contributed by atoms with E-state index in [9.17, 15) is 14.4 Å². The predicted octanol–water partition coefficient (Wildman–Crippen LogP) is 4.00. The van der Waals surface area contributed by atoms with Crippen molar-refractivity contribution in [1.29, 1.82) is 0 Å². The Kier molecular flexibility index (Phi) is 6.55. The minimum atomic E-state index is -0.429. The van der Waals surface area contributed by atoms with E-state index in [0.717, 1.165) is 4.90 Å². The Hall–Kier alpha value is -3.91. The van der Waals surface area contributed by atoms with Crippen LogP contribution in [0.2, 0.25) is 0 Å². The number of ketones is 1. The molecule has 0 aliphatic heterocycles. The number of nitrogens with one attached hydrogen (secondary N) is 1. The van der Waals surface area contributed by atoms with Crippen molar-refractivity contribution in [2.75, 3.05) is 18.7 Å². The summed E-state index contributed by atoms with van der Waals surface area (Å²) in [5.41, 5.74) is 1.09. The molecule has 2 aromatic heterocycles. The number of aromatic nitrogens is 2. The fourth-order valence-electron chi connectivity index (χ4n) is 3.50. The molecule has 1 amide bonds. The number of amides is 1. The van der Waals surface area contributed by atoms with Gasteiger partial charge < -0.3 is 14.6 Å². The van der Waals surface area contributed by atoms with Gasteiger partial charge in [-0.3, -0.25) is 19.4 Å². The molecule has 4 rings (SSSR count). The molecule has 4 aromatic rings. The summed E-state index contributed by atoms with van der Waals surface area (Å²) < 4.78 is 6.90. The molecule has 0 aliphatic rings. The molecule has 0 bridgehead atoms. The van der Waals surface area contributed by atoms with Crippen LogP contribution in [0.25, 0.3) is 10.9 Å². The van der Waals surface area contributed by atoms with Crippen LogP contribution in [-0.2, 0) is 11.3 Å². The molecule has 0 saturated carbocycles. The molecule has 1 N–H and O–H groups in total. The van der Waals surface area contributed by atoms with Gasteiger partial charge in [0.2, 0.25) is 11.3 Å². The van der Waals surface area contributed by atoms with E-state index in [2.05, 4.69) is 10.3 Å². The number of rotatable bonds is 7. The monoisotopic (exact) mass is 459 g/mol. The SMILES string of the molecule is COc1ccc2c(=O)c(C(=O)c3ccncc3)cn(CC(=O)Nc3cccc(SC)c3)c2c1. The van der Waals surface area contributed by atoms with Crippen LogP contribution >= 0.6 is 11.8 Å². The van der Waals surface area contributed by atoms with Crippen LogP contribution in [0.1, 0.15) is 15.9 Å². The second kappa shape index (κ2) is 9.70. The van der Waals surface area contributed by atoms with Gasteiger partial charge in [-0.25, -0.2) is 0 Å². The van der Waals surface area contributed by atoms with Crippen LogP contribution < -0.4 is 15.5 Å². The van der Waals surface area contributed by atoms with Gasteiger partial charge in [0, 0.05) is 46.2 Å². The summed E-state index contributed by atoms with van der Waals surface area (Å²) >= 11 is 1.58. The smallest absolute Gasteiger partial charge is 0.244 e. The largest absolute Gasteiger partial charge is 0.497 e. The molecule has 33 heavy (non-hydrogen) atoms. The fourth-order valence-corrected chi connectivity index (χ4v) is 3.96. The van der Waals surface area contributed by atoms with Gasteiger partial charge in [0.15, 0.2) is 5.78 Å². The standard InChI is InChI=1S/C25H21N3O4S/c1-32-18-6-7-20-22(13-18)28(15-23(29)27-17-4-3-5-19(12-17)33-2)14-21(25(20)31)24(30)16-8-10-26-11-9-16/h3-14H,15H2,1-2H3,(H,27,29). The molecule has 0 aliphatic carbocycles. The lowest BCUT2D eigenvalue weighted by atomic mass is 10.0. The number of pyridine rings is 2. The summed E-state index contributed by atoms with van der Waals surface area (Å²) in [5.74, 6) is -0.178. The highest BCUT2D eigenvalue weighted by Crippen LogP contribution is 2.22. The van der Waals surface area contributed by atoms with Gasteiger partial charge in [0.1, 0.15) is 12.3 Å². The number of benzene rings is 2. The van der Waals surface area contributed by atoms with Crippen LogP contribution in [0.3, 0.4) is 0 Å². The highest BCUT2D eigenvalue weighted by molar-refractivity contribution is 7.98. The van der Waals surface area contributed by atoms with E-state index in [1.165, 1.54) is 25.7 Å². The summed E-state index contributed by atoms with van der Waals surface area (Å²) in [6.45, 7) is -0.0932. The zero-order chi connectivity index (χ0) is 23.4. The summed E-state index contributed by atoms with van der Waals surface area (Å²) in [6.07, 6.45) is 6.38. The van der Waals surface area contributed by atoms with Gasteiger partial charge in [-0.05, 0) is 48.7 Å². The van der Waals surface area contributed by atoms with Gasteiger partial charge in [-0.2, -0.15) is 0 Å². The Morgan fingerprint density at radius 2 is 1.88 bits per heavy atom. The number of ether oxygens (including phenoxy) is 1. The quantitative estimate of drug-likeness (QED) is 0.332. The van der Waals surface area contributed by atoms with Crippen molar-refractivity contribution in [3.8, 4) is 5.75 Å². The van der Waals surface area contributed by atoms with Crippen molar-refractivity contribution in [3.05, 3.63) is 94.5 Å². The highest BCUT2D eigenvalue weighted by atomic mass is 32.2. The van der Waals surface area contributed by atoms with Crippen LogP contribution in [0, 0.1) is 0 Å². The Morgan fingerprint density at radius 1 is 1.09 bits per heavy atom. The van der Waals surface area contributed by atoms with Gasteiger partial charge in [0.05, 0.1) is 18.2 Å². The number of fused-ring (bicyclic) bond motifs is 1. The predicted molar refractivity (Wildman–Crippen MR) is 129 cm³/mol. The van der Waals surface area contributed by atoms with Gasteiger partial charge in [-0.1, -0.05) is 6.07 Å². The maximum absolute atomic E-state index is 13.1. The molecule has 0 fully saturated rings. The van der Waals surface area contributed by atoms with Crippen LogP contribution in [0.4, 0.5) is 5.69 Å². The second-order valence-electron chi connectivity index (χ2n) is 7.23. The van der Waals surface area contributed by atoms with Crippen molar-refractivity contribution < 1.29 is 14.3 Å². The third kappa shape index (κ3) is 4.80. The minimum Gasteiger partial charge on any atom is -0.497 e. The van der Waals surface area contributed by atoms with E-state index in [4.69, 9.17) is 4.74 Å². The van der Waals surface area contributed by atoms with Gasteiger partial charge in [-0.15, -0.1) is 11.8 Å². The Bertz CT molecular complexity index is 1400. The average Bonchev–Trinajstić information content (AvgIpc) is 2.85. The minimum absolute atomic E-state index is 0.0175. The molecule has 166 valence electrons. The average molecular weight is 460 g/mol. The topological polar surface area (TPSA) is 90.3 Å². The molecular weight excluding hydrogens is 438 g/mol. The molecule has 0 spiro atoms. The first kappa shape index (κ1) is 22.3. The molecular formula is C25H21N3O4S. The molecule has 7 nitrogen and oxygen atoms in total. The number of hydrogen-bond donors (Lipinski definition) is 1. The molecule has 0 saturated heterocycles. The summed E-state index contributed by atoms with van der Waals surface area (Å²) in [6, 6.07) is 15.6. The normalized spacial score (nSPS) is 10.7. The second-order valence-corrected chi connectivity index (χ2v) is 8.11. The molecule has 8 heteroatoms. The van der Waals surface area contributed by atoms with E-state index in [1.54, 1.807) is 46.7 Å². The van der Waals surface area contributed by atoms with Gasteiger partial charge in [0.25, 0.3) is 0 Å². The third-order valence-electron chi connectivity index (χ3n) is 5.14. The molecule has 0 unspecified atom stereocenters. The van der Waals surface area contributed by atoms with Crippen LogP contribution in [-0.4, -0.2) is 34.6 Å². The van der Waals surface area contributed by atoms with Crippen molar-refractivity contribution in [3.63, 3.8) is 0 Å². The number of carbonyl (C=O) groups is 2. The van der Waals surface area contributed by atoms with Crippen LogP contribution in [0.5, 0.6) is 5.75 Å². The first-order chi connectivity index (χ1) is 16.0. The number of nitrogens with zero attached hydrogens (tertiary/aromatic N) is 2. The molecule has 0 radical (unpaired) electrons. The lowest BCUT2D eigenvalue weighted by molar-refractivity contribution is -0.116. The van der Waals surface area contributed by atoms with E-state index in [1.807, 2.05) is 30.5 Å². The number of carbonyl (C=O) groups excluding carboxylic acids is 2. The number of hydrogen-bond acceptors (Lipinski definition) is 6. The maximum Gasteiger partial charge on any atom is 0.244 e. The van der Waals surface area contributed by atoms with Crippen molar-refractivity contribution >= 4 is 40.0 Å². The Labute approximate surface area is 194 Å². The number of methoxy groups -OCH3 is 1. The summed E-state index contributed by atoms with van der Waals surface area (Å²) in [7, 11) is 1.52. The van der Waals surface area contributed by atoms with Crippen molar-refractivity contribution in [2.24, 2.45) is 0 Å². The van der Waals surface area contributed by atoms with E-state index < -0.39 is 11.2 Å². The first-order valence-electron chi connectivity index (χ1n) is 10.1. The summed E-state index contributed by atoms with van der Waals surface area (Å²) in [4.78, 5) is 44.0. The zero-order valence-electron chi connectivity index (χ0n) is 18.1. The lowest BCUT2D eigenvalue weighted by Gasteiger charge is -2.14. The first-order valence-corrected chi connectivity index (χ1v) is 11.3. The third-order valence-corrected chi connectivity index (χ3v) is 5.87. The molecule has 2 heterocycles. The Balaban J connectivity index is 1.76. The van der Waals surface area contributed by atoms with E-state index >= 15 is 0 Å². The van der Waals surface area contributed by atoms with Gasteiger partial charge >= 0.3 is 0 Å². The summed E-state index contributed by atoms with van der Waals surface area (Å²) in [5, 5.41) is 3.20. The van der Waals surface area contributed by atoms with Crippen molar-refractivity contribution in [1.82, 2.24) is 9.55 Å². The van der Waals surface area contributed by atoms with E-state index in [-0.39, 0.29) is 18.0 Å². The van der Waals surface area contributed by atoms with Crippen LogP contribution in [0.15, 0.2) is 82.9 Å².